The van der Waals surface area contributed by atoms with Crippen LogP contribution in [0.4, 0.5) is 5.69 Å². The summed E-state index contributed by atoms with van der Waals surface area (Å²) in [6.07, 6.45) is 0. The van der Waals surface area contributed by atoms with Crippen LogP contribution in [0.25, 0.3) is 0 Å². The molecule has 0 heterocycles. The Bertz CT molecular complexity index is 684. The van der Waals surface area contributed by atoms with Gasteiger partial charge in [-0.2, -0.15) is 0 Å². The number of para-hydroxylation sites is 1. The van der Waals surface area contributed by atoms with E-state index in [0.29, 0.717) is 17.1 Å². The Labute approximate surface area is 126 Å². The van der Waals surface area contributed by atoms with E-state index in [1.165, 1.54) is 4.31 Å². The maximum atomic E-state index is 12.8. The summed E-state index contributed by atoms with van der Waals surface area (Å²) in [6, 6.07) is 16.2. The summed E-state index contributed by atoms with van der Waals surface area (Å²) in [5.74, 6) is 0. The number of sulfonamides is 1. The topological polar surface area (TPSA) is 49.4 Å². The van der Waals surface area contributed by atoms with Crippen molar-refractivity contribution in [2.45, 2.75) is 18.4 Å². The normalized spacial score (nSPS) is 11.3. The molecule has 2 aromatic rings. The molecule has 0 saturated carbocycles. The van der Waals surface area contributed by atoms with Gasteiger partial charge in [0.2, 0.25) is 0 Å². The second kappa shape index (κ2) is 6.74. The number of hydrogen-bond donors (Lipinski definition) is 1. The first kappa shape index (κ1) is 15.5. The van der Waals surface area contributed by atoms with Crippen molar-refractivity contribution in [1.29, 1.82) is 0 Å². The van der Waals surface area contributed by atoms with Crippen LogP contribution in [0, 0.1) is 0 Å². The highest BCUT2D eigenvalue weighted by Crippen LogP contribution is 2.24. The van der Waals surface area contributed by atoms with Gasteiger partial charge >= 0.3 is 0 Å². The third kappa shape index (κ3) is 3.43. The zero-order valence-electron chi connectivity index (χ0n) is 12.3. The SMILES string of the molecule is CCNCc1ccccc1S(=O)(=O)N(C)c1ccccc1. The Kier molecular flexibility index (Phi) is 4.98. The fourth-order valence-electron chi connectivity index (χ4n) is 2.09. The number of nitrogens with zero attached hydrogens (tertiary/aromatic N) is 1. The first-order valence-corrected chi connectivity index (χ1v) is 8.34. The van der Waals surface area contributed by atoms with Crippen LogP contribution >= 0.6 is 0 Å². The lowest BCUT2D eigenvalue weighted by atomic mass is 10.2. The van der Waals surface area contributed by atoms with Crippen molar-refractivity contribution in [3.63, 3.8) is 0 Å². The molecule has 0 saturated heterocycles. The lowest BCUT2D eigenvalue weighted by Gasteiger charge is -2.21. The highest BCUT2D eigenvalue weighted by molar-refractivity contribution is 7.92. The molecule has 1 N–H and O–H groups in total. The molecule has 2 rings (SSSR count). The van der Waals surface area contributed by atoms with Crippen LogP contribution in [0.5, 0.6) is 0 Å². The van der Waals surface area contributed by atoms with Crippen LogP contribution in [0.2, 0.25) is 0 Å². The van der Waals surface area contributed by atoms with Gasteiger partial charge in [0.15, 0.2) is 0 Å². The predicted octanol–water partition coefficient (Wildman–Crippen LogP) is 2.62. The molecule has 0 aliphatic rings. The second-order valence-corrected chi connectivity index (χ2v) is 6.63. The maximum Gasteiger partial charge on any atom is 0.264 e. The smallest absolute Gasteiger partial charge is 0.264 e. The minimum absolute atomic E-state index is 0.345. The molecule has 4 nitrogen and oxygen atoms in total. The Morgan fingerprint density at radius 2 is 1.62 bits per heavy atom. The third-order valence-electron chi connectivity index (χ3n) is 3.30. The lowest BCUT2D eigenvalue weighted by molar-refractivity contribution is 0.591. The van der Waals surface area contributed by atoms with Gasteiger partial charge in [-0.15, -0.1) is 0 Å². The summed E-state index contributed by atoms with van der Waals surface area (Å²) in [5.41, 5.74) is 1.43. The van der Waals surface area contributed by atoms with E-state index in [1.54, 1.807) is 31.3 Å². The molecular weight excluding hydrogens is 284 g/mol. The summed E-state index contributed by atoms with van der Waals surface area (Å²) < 4.78 is 26.9. The van der Waals surface area contributed by atoms with Crippen molar-refractivity contribution >= 4 is 15.7 Å². The van der Waals surface area contributed by atoms with E-state index in [0.717, 1.165) is 12.1 Å². The van der Waals surface area contributed by atoms with Gasteiger partial charge < -0.3 is 5.32 Å². The van der Waals surface area contributed by atoms with Gasteiger partial charge in [-0.05, 0) is 30.3 Å². The van der Waals surface area contributed by atoms with E-state index < -0.39 is 10.0 Å². The van der Waals surface area contributed by atoms with Gasteiger partial charge in [0.05, 0.1) is 10.6 Å². The summed E-state index contributed by atoms with van der Waals surface area (Å²) in [4.78, 5) is 0.345. The molecule has 0 atom stereocenters. The fourth-order valence-corrected chi connectivity index (χ4v) is 3.50. The van der Waals surface area contributed by atoms with Crippen molar-refractivity contribution in [1.82, 2.24) is 5.32 Å². The average molecular weight is 304 g/mol. The van der Waals surface area contributed by atoms with Gasteiger partial charge in [0, 0.05) is 13.6 Å². The zero-order valence-corrected chi connectivity index (χ0v) is 13.1. The number of anilines is 1. The van der Waals surface area contributed by atoms with Crippen LogP contribution < -0.4 is 9.62 Å². The molecule has 0 aliphatic carbocycles. The number of benzene rings is 2. The standard InChI is InChI=1S/C16H20N2O2S/c1-3-17-13-14-9-7-8-12-16(14)21(19,20)18(2)15-10-5-4-6-11-15/h4-12,17H,3,13H2,1-2H3. The lowest BCUT2D eigenvalue weighted by Crippen LogP contribution is -2.28. The summed E-state index contributed by atoms with van der Waals surface area (Å²) in [5, 5.41) is 3.17. The molecule has 0 aliphatic heterocycles. The highest BCUT2D eigenvalue weighted by atomic mass is 32.2. The van der Waals surface area contributed by atoms with Gasteiger partial charge in [-0.3, -0.25) is 4.31 Å². The molecule has 0 fully saturated rings. The van der Waals surface area contributed by atoms with Crippen molar-refractivity contribution < 1.29 is 8.42 Å². The van der Waals surface area contributed by atoms with E-state index in [4.69, 9.17) is 0 Å². The second-order valence-electron chi connectivity index (χ2n) is 4.70. The summed E-state index contributed by atoms with van der Waals surface area (Å²) >= 11 is 0. The van der Waals surface area contributed by atoms with Crippen LogP contribution in [0.3, 0.4) is 0 Å². The molecule has 0 radical (unpaired) electrons. The van der Waals surface area contributed by atoms with E-state index in [9.17, 15) is 8.42 Å². The summed E-state index contributed by atoms with van der Waals surface area (Å²) in [7, 11) is -1.98. The molecule has 2 aromatic carbocycles. The Morgan fingerprint density at radius 3 is 2.29 bits per heavy atom. The molecule has 0 unspecified atom stereocenters. The minimum atomic E-state index is -3.56. The van der Waals surface area contributed by atoms with Crippen LogP contribution in [-0.4, -0.2) is 22.0 Å². The van der Waals surface area contributed by atoms with Crippen LogP contribution in [0.1, 0.15) is 12.5 Å². The molecule has 21 heavy (non-hydrogen) atoms. The molecule has 0 aromatic heterocycles. The molecule has 0 amide bonds. The molecule has 112 valence electrons. The number of rotatable bonds is 6. The number of hydrogen-bond acceptors (Lipinski definition) is 3. The summed E-state index contributed by atoms with van der Waals surface area (Å²) in [6.45, 7) is 3.32. The fraction of sp³-hybridized carbons (Fsp3) is 0.250. The highest BCUT2D eigenvalue weighted by Gasteiger charge is 2.23. The minimum Gasteiger partial charge on any atom is -0.313 e. The van der Waals surface area contributed by atoms with E-state index in [-0.39, 0.29) is 0 Å². The first-order chi connectivity index (χ1) is 10.1. The molecule has 5 heteroatoms. The van der Waals surface area contributed by atoms with Gasteiger partial charge in [-0.25, -0.2) is 8.42 Å². The van der Waals surface area contributed by atoms with Gasteiger partial charge in [0.25, 0.3) is 10.0 Å². The van der Waals surface area contributed by atoms with Crippen molar-refractivity contribution in [3.05, 3.63) is 60.2 Å². The van der Waals surface area contributed by atoms with Crippen LogP contribution in [-0.2, 0) is 16.6 Å². The molecule has 0 bridgehead atoms. The first-order valence-electron chi connectivity index (χ1n) is 6.90. The van der Waals surface area contributed by atoms with Crippen LogP contribution in [0.15, 0.2) is 59.5 Å². The van der Waals surface area contributed by atoms with Crippen molar-refractivity contribution in [2.75, 3.05) is 17.9 Å². The van der Waals surface area contributed by atoms with E-state index in [2.05, 4.69) is 5.32 Å². The Balaban J connectivity index is 2.40. The van der Waals surface area contributed by atoms with Gasteiger partial charge in [0.1, 0.15) is 0 Å². The number of nitrogens with one attached hydrogen (secondary N) is 1. The average Bonchev–Trinajstić information content (AvgIpc) is 2.53. The molecular formula is C16H20N2O2S. The zero-order chi connectivity index (χ0) is 15.3. The van der Waals surface area contributed by atoms with Crippen molar-refractivity contribution in [2.24, 2.45) is 0 Å². The largest absolute Gasteiger partial charge is 0.313 e. The third-order valence-corrected chi connectivity index (χ3v) is 5.18. The quantitative estimate of drug-likeness (QED) is 0.892. The van der Waals surface area contributed by atoms with E-state index in [1.807, 2.05) is 37.3 Å². The van der Waals surface area contributed by atoms with Gasteiger partial charge in [-0.1, -0.05) is 43.3 Å². The van der Waals surface area contributed by atoms with Crippen molar-refractivity contribution in [3.8, 4) is 0 Å². The monoisotopic (exact) mass is 304 g/mol. The predicted molar refractivity (Wildman–Crippen MR) is 85.9 cm³/mol. The van der Waals surface area contributed by atoms with E-state index >= 15 is 0 Å². The molecule has 0 spiro atoms. The Morgan fingerprint density at radius 1 is 1.00 bits per heavy atom. The Hall–Kier alpha value is -1.85. The maximum absolute atomic E-state index is 12.8.